The molecule has 0 unspecified atom stereocenters. The van der Waals surface area contributed by atoms with Crippen molar-refractivity contribution in [2.45, 2.75) is 31.7 Å². The van der Waals surface area contributed by atoms with Crippen molar-refractivity contribution >= 4 is 17.9 Å². The van der Waals surface area contributed by atoms with E-state index >= 15 is 0 Å². The van der Waals surface area contributed by atoms with Crippen LogP contribution in [0.15, 0.2) is 0 Å². The quantitative estimate of drug-likeness (QED) is 0.503. The summed E-state index contributed by atoms with van der Waals surface area (Å²) in [5, 5.41) is 20.4. The number of urea groups is 1. The number of likely N-dealkylation sites (tertiary alicyclic amines) is 1. The van der Waals surface area contributed by atoms with Crippen LogP contribution in [0.1, 0.15) is 25.7 Å². The number of piperidine rings is 1. The molecule has 3 amide bonds. The molecule has 0 bridgehead atoms. The molecule has 114 valence electrons. The molecule has 0 spiro atoms. The second-order valence-corrected chi connectivity index (χ2v) is 4.96. The van der Waals surface area contributed by atoms with Crippen LogP contribution < -0.4 is 11.1 Å². The zero-order chi connectivity index (χ0) is 15.1. The number of aliphatic hydroxyl groups excluding tert-OH is 1. The smallest absolute Gasteiger partial charge is 0.326 e. The van der Waals surface area contributed by atoms with Gasteiger partial charge in [0, 0.05) is 26.1 Å². The summed E-state index contributed by atoms with van der Waals surface area (Å²) in [6.07, 6.45) is 1.28. The molecule has 8 nitrogen and oxygen atoms in total. The van der Waals surface area contributed by atoms with Gasteiger partial charge in [-0.15, -0.1) is 0 Å². The Labute approximate surface area is 116 Å². The van der Waals surface area contributed by atoms with Gasteiger partial charge in [0.1, 0.15) is 6.04 Å². The maximum absolute atomic E-state index is 11.9. The highest BCUT2D eigenvalue weighted by atomic mass is 16.4. The van der Waals surface area contributed by atoms with E-state index < -0.39 is 23.9 Å². The summed E-state index contributed by atoms with van der Waals surface area (Å²) in [6, 6.07) is -1.58. The summed E-state index contributed by atoms with van der Waals surface area (Å²) in [6.45, 7) is 1.07. The van der Waals surface area contributed by atoms with E-state index in [0.29, 0.717) is 25.9 Å². The Balaban J connectivity index is 2.45. The van der Waals surface area contributed by atoms with Gasteiger partial charge in [0.2, 0.25) is 5.91 Å². The molecule has 0 aromatic heterocycles. The molecule has 0 radical (unpaired) electrons. The minimum atomic E-state index is -1.19. The van der Waals surface area contributed by atoms with E-state index in [0.717, 1.165) is 0 Å². The van der Waals surface area contributed by atoms with Crippen LogP contribution in [0.25, 0.3) is 0 Å². The number of carbonyl (C=O) groups is 3. The lowest BCUT2D eigenvalue weighted by atomic mass is 9.98. The average Bonchev–Trinajstić information content (AvgIpc) is 2.42. The molecule has 1 fully saturated rings. The number of nitrogens with two attached hydrogens (primary N) is 1. The zero-order valence-corrected chi connectivity index (χ0v) is 11.2. The standard InChI is InChI=1S/C12H21N3O5/c13-10(17)2-1-9(11(18)19)14-12(20)15-5-3-8(7-16)4-6-15/h8-9,16H,1-7H2,(H2,13,17)(H,14,20)(H,18,19)/t9-/m0/s1. The maximum atomic E-state index is 11.9. The van der Waals surface area contributed by atoms with Gasteiger partial charge in [-0.1, -0.05) is 0 Å². The van der Waals surface area contributed by atoms with Crippen molar-refractivity contribution in [3.63, 3.8) is 0 Å². The van der Waals surface area contributed by atoms with Crippen molar-refractivity contribution in [2.75, 3.05) is 19.7 Å². The molecule has 0 aromatic carbocycles. The van der Waals surface area contributed by atoms with Crippen LogP contribution >= 0.6 is 0 Å². The lowest BCUT2D eigenvalue weighted by Crippen LogP contribution is -2.50. The Morgan fingerprint density at radius 3 is 2.35 bits per heavy atom. The van der Waals surface area contributed by atoms with Crippen molar-refractivity contribution < 1.29 is 24.6 Å². The van der Waals surface area contributed by atoms with Crippen LogP contribution in [0.3, 0.4) is 0 Å². The number of nitrogens with one attached hydrogen (secondary N) is 1. The first-order valence-electron chi connectivity index (χ1n) is 6.61. The third-order valence-corrected chi connectivity index (χ3v) is 3.44. The van der Waals surface area contributed by atoms with Gasteiger partial charge in [0.15, 0.2) is 0 Å². The Morgan fingerprint density at radius 2 is 1.90 bits per heavy atom. The van der Waals surface area contributed by atoms with Crippen molar-refractivity contribution in [1.29, 1.82) is 0 Å². The molecule has 1 rings (SSSR count). The van der Waals surface area contributed by atoms with Crippen molar-refractivity contribution in [1.82, 2.24) is 10.2 Å². The Morgan fingerprint density at radius 1 is 1.30 bits per heavy atom. The second-order valence-electron chi connectivity index (χ2n) is 4.96. The molecule has 1 aliphatic heterocycles. The summed E-state index contributed by atoms with van der Waals surface area (Å²) in [5.41, 5.74) is 4.97. The summed E-state index contributed by atoms with van der Waals surface area (Å²) in [5.74, 6) is -1.59. The minimum absolute atomic E-state index is 0.0243. The maximum Gasteiger partial charge on any atom is 0.326 e. The van der Waals surface area contributed by atoms with E-state index in [9.17, 15) is 14.4 Å². The van der Waals surface area contributed by atoms with E-state index in [1.807, 2.05) is 0 Å². The molecule has 1 atom stereocenters. The Hall–Kier alpha value is -1.83. The van der Waals surface area contributed by atoms with Crippen molar-refractivity contribution in [2.24, 2.45) is 11.7 Å². The number of rotatable bonds is 6. The van der Waals surface area contributed by atoms with Crippen molar-refractivity contribution in [3.8, 4) is 0 Å². The lowest BCUT2D eigenvalue weighted by Gasteiger charge is -2.32. The number of carboxylic acids is 1. The third kappa shape index (κ3) is 5.04. The lowest BCUT2D eigenvalue weighted by molar-refractivity contribution is -0.139. The number of nitrogens with zero attached hydrogens (tertiary/aromatic N) is 1. The SMILES string of the molecule is NC(=O)CC[C@H](NC(=O)N1CCC(CO)CC1)C(=O)O. The van der Waals surface area contributed by atoms with E-state index in [1.54, 1.807) is 0 Å². The molecular formula is C12H21N3O5. The fourth-order valence-corrected chi connectivity index (χ4v) is 2.10. The van der Waals surface area contributed by atoms with Gasteiger partial charge in [-0.3, -0.25) is 4.79 Å². The van der Waals surface area contributed by atoms with Gasteiger partial charge in [-0.2, -0.15) is 0 Å². The molecule has 1 saturated heterocycles. The molecule has 0 aliphatic carbocycles. The van der Waals surface area contributed by atoms with Crippen molar-refractivity contribution in [3.05, 3.63) is 0 Å². The predicted octanol–water partition coefficient (Wildman–Crippen LogP) is -0.881. The summed E-state index contributed by atoms with van der Waals surface area (Å²) in [7, 11) is 0. The van der Waals surface area contributed by atoms with Gasteiger partial charge < -0.3 is 26.2 Å². The highest BCUT2D eigenvalue weighted by Gasteiger charge is 2.26. The predicted molar refractivity (Wildman–Crippen MR) is 69.8 cm³/mol. The van der Waals surface area contributed by atoms with Gasteiger partial charge in [0.05, 0.1) is 0 Å². The fraction of sp³-hybridized carbons (Fsp3) is 0.750. The van der Waals surface area contributed by atoms with Crippen LogP contribution in [-0.4, -0.2) is 58.8 Å². The van der Waals surface area contributed by atoms with Crippen LogP contribution in [0, 0.1) is 5.92 Å². The van der Waals surface area contributed by atoms with Gasteiger partial charge >= 0.3 is 12.0 Å². The first-order valence-corrected chi connectivity index (χ1v) is 6.61. The number of amides is 3. The second kappa shape index (κ2) is 7.68. The number of aliphatic hydroxyl groups is 1. The summed E-state index contributed by atoms with van der Waals surface area (Å²) >= 11 is 0. The molecule has 20 heavy (non-hydrogen) atoms. The highest BCUT2D eigenvalue weighted by Crippen LogP contribution is 2.16. The Kier molecular flexibility index (Phi) is 6.23. The third-order valence-electron chi connectivity index (χ3n) is 3.44. The molecule has 5 N–H and O–H groups in total. The number of aliphatic carboxylic acids is 1. The van der Waals surface area contributed by atoms with Crippen LogP contribution in [0.4, 0.5) is 4.79 Å². The van der Waals surface area contributed by atoms with Crippen LogP contribution in [0.5, 0.6) is 0 Å². The largest absolute Gasteiger partial charge is 0.480 e. The average molecular weight is 287 g/mol. The molecule has 1 heterocycles. The topological polar surface area (TPSA) is 133 Å². The molecule has 1 aliphatic rings. The minimum Gasteiger partial charge on any atom is -0.480 e. The zero-order valence-electron chi connectivity index (χ0n) is 11.2. The molecule has 0 saturated carbocycles. The van der Waals surface area contributed by atoms with Gasteiger partial charge in [-0.25, -0.2) is 9.59 Å². The van der Waals surface area contributed by atoms with E-state index in [4.69, 9.17) is 15.9 Å². The number of hydrogen-bond donors (Lipinski definition) is 4. The summed E-state index contributed by atoms with van der Waals surface area (Å²) in [4.78, 5) is 35.1. The number of hydrogen-bond acceptors (Lipinski definition) is 4. The van der Waals surface area contributed by atoms with Gasteiger partial charge in [0.25, 0.3) is 0 Å². The number of carbonyl (C=O) groups excluding carboxylic acids is 2. The van der Waals surface area contributed by atoms with Crippen LogP contribution in [0.2, 0.25) is 0 Å². The van der Waals surface area contributed by atoms with Crippen LogP contribution in [-0.2, 0) is 9.59 Å². The molecule has 8 heteroatoms. The fourth-order valence-electron chi connectivity index (χ4n) is 2.10. The normalized spacial score (nSPS) is 17.6. The van der Waals surface area contributed by atoms with E-state index in [-0.39, 0.29) is 25.4 Å². The first kappa shape index (κ1) is 16.2. The van der Waals surface area contributed by atoms with E-state index in [1.165, 1.54) is 4.90 Å². The van der Waals surface area contributed by atoms with E-state index in [2.05, 4.69) is 5.32 Å². The number of carboxylic acid groups (broad SMARTS) is 1. The monoisotopic (exact) mass is 287 g/mol. The Bertz CT molecular complexity index is 366. The summed E-state index contributed by atoms with van der Waals surface area (Å²) < 4.78 is 0. The first-order chi connectivity index (χ1) is 9.43. The van der Waals surface area contributed by atoms with Gasteiger partial charge in [-0.05, 0) is 25.2 Å². The molecular weight excluding hydrogens is 266 g/mol. The molecule has 0 aromatic rings. The highest BCUT2D eigenvalue weighted by molar-refractivity contribution is 5.83. The number of primary amides is 1.